The topological polar surface area (TPSA) is 95.9 Å². The van der Waals surface area contributed by atoms with Gasteiger partial charge in [-0.15, -0.1) is 0 Å². The van der Waals surface area contributed by atoms with E-state index in [2.05, 4.69) is 55.6 Å². The lowest BCUT2D eigenvalue weighted by Gasteiger charge is -2.22. The molecular formula is C67H127NO5. The minimum Gasteiger partial charge on any atom is -0.466 e. The highest BCUT2D eigenvalue weighted by atomic mass is 16.5. The summed E-state index contributed by atoms with van der Waals surface area (Å²) in [5.74, 6) is -0.0353. The molecule has 0 heterocycles. The molecule has 6 heteroatoms. The summed E-state index contributed by atoms with van der Waals surface area (Å²) in [5.41, 5.74) is 0. The third-order valence-electron chi connectivity index (χ3n) is 15.2. The van der Waals surface area contributed by atoms with Crippen molar-refractivity contribution in [1.29, 1.82) is 0 Å². The maximum atomic E-state index is 12.5. The Morgan fingerprint density at radius 3 is 1.07 bits per heavy atom. The zero-order valence-corrected chi connectivity index (χ0v) is 49.1. The first-order valence-corrected chi connectivity index (χ1v) is 32.7. The Morgan fingerprint density at radius 2 is 0.685 bits per heavy atom. The number of hydrogen-bond acceptors (Lipinski definition) is 5. The molecule has 0 aliphatic carbocycles. The Labute approximate surface area is 455 Å². The van der Waals surface area contributed by atoms with Gasteiger partial charge in [-0.2, -0.15) is 0 Å². The predicted octanol–water partition coefficient (Wildman–Crippen LogP) is 20.8. The summed E-state index contributed by atoms with van der Waals surface area (Å²) in [5, 5.41) is 23.3. The molecule has 0 aromatic rings. The monoisotopic (exact) mass is 1030 g/mol. The van der Waals surface area contributed by atoms with Gasteiger partial charge in [0.05, 0.1) is 25.4 Å². The second-order valence-electron chi connectivity index (χ2n) is 22.4. The first-order chi connectivity index (χ1) is 36.0. The first-order valence-electron chi connectivity index (χ1n) is 32.7. The summed E-state index contributed by atoms with van der Waals surface area (Å²) in [6, 6.07) is -0.546. The van der Waals surface area contributed by atoms with Crippen LogP contribution in [0.25, 0.3) is 0 Å². The fourth-order valence-electron chi connectivity index (χ4n) is 10.1. The van der Waals surface area contributed by atoms with Crippen LogP contribution in [0.5, 0.6) is 0 Å². The van der Waals surface area contributed by atoms with Crippen molar-refractivity contribution in [2.75, 3.05) is 13.2 Å². The highest BCUT2D eigenvalue weighted by molar-refractivity contribution is 5.76. The minimum atomic E-state index is -0.668. The standard InChI is InChI=1S/C67H127NO5/c1-3-5-7-9-11-13-15-17-19-20-29-33-37-41-45-49-53-57-61-67(72)73-62-58-54-50-46-42-38-34-30-27-25-23-21-22-24-26-28-32-36-40-44-48-52-56-60-66(71)68-64(63-69)65(70)59-55-51-47-43-39-35-31-18-16-14-12-10-8-6-4-2/h13,15,19-20,24,26,64-65,69-70H,3-12,14,16-18,21-23,25,27-63H2,1-2H3,(H,68,71)/b15-13-,20-19-,26-24-. The molecule has 430 valence electrons. The molecule has 6 nitrogen and oxygen atoms in total. The summed E-state index contributed by atoms with van der Waals surface area (Å²) < 4.78 is 5.49. The van der Waals surface area contributed by atoms with Crippen LogP contribution in [0.15, 0.2) is 36.5 Å². The van der Waals surface area contributed by atoms with Gasteiger partial charge in [0.2, 0.25) is 5.91 Å². The van der Waals surface area contributed by atoms with Crippen molar-refractivity contribution >= 4 is 11.9 Å². The van der Waals surface area contributed by atoms with Crippen molar-refractivity contribution < 1.29 is 24.5 Å². The molecule has 0 aromatic carbocycles. The zero-order valence-electron chi connectivity index (χ0n) is 49.1. The van der Waals surface area contributed by atoms with E-state index in [0.717, 1.165) is 51.4 Å². The molecule has 0 saturated carbocycles. The van der Waals surface area contributed by atoms with Gasteiger partial charge < -0.3 is 20.3 Å². The number of nitrogens with one attached hydrogen (secondary N) is 1. The predicted molar refractivity (Wildman–Crippen MR) is 319 cm³/mol. The summed E-state index contributed by atoms with van der Waals surface area (Å²) in [4.78, 5) is 24.6. The molecule has 0 rings (SSSR count). The van der Waals surface area contributed by atoms with Crippen LogP contribution in [0, 0.1) is 0 Å². The Bertz CT molecular complexity index is 1180. The molecule has 0 saturated heterocycles. The van der Waals surface area contributed by atoms with E-state index in [1.54, 1.807) is 0 Å². The SMILES string of the molecule is CCCCCC/C=C\C/C=C\CCCCCCCCCC(=O)OCCCCCCCCCCCCCC/C=C\CCCCCCCCCC(=O)NC(CO)C(O)CCCCCCCCCCCCCCCCC. The van der Waals surface area contributed by atoms with Crippen molar-refractivity contribution in [2.24, 2.45) is 0 Å². The lowest BCUT2D eigenvalue weighted by Crippen LogP contribution is -2.45. The van der Waals surface area contributed by atoms with Crippen LogP contribution < -0.4 is 5.32 Å². The van der Waals surface area contributed by atoms with Gasteiger partial charge in [0.15, 0.2) is 0 Å². The van der Waals surface area contributed by atoms with Crippen LogP contribution in [0.3, 0.4) is 0 Å². The van der Waals surface area contributed by atoms with E-state index in [1.165, 1.54) is 270 Å². The molecule has 1 amide bonds. The number of carbonyl (C=O) groups is 2. The number of ether oxygens (including phenoxy) is 1. The van der Waals surface area contributed by atoms with Gasteiger partial charge in [-0.25, -0.2) is 0 Å². The van der Waals surface area contributed by atoms with Gasteiger partial charge in [0.1, 0.15) is 0 Å². The smallest absolute Gasteiger partial charge is 0.305 e. The number of allylic oxidation sites excluding steroid dienone is 6. The molecule has 2 atom stereocenters. The largest absolute Gasteiger partial charge is 0.466 e. The van der Waals surface area contributed by atoms with E-state index >= 15 is 0 Å². The average Bonchev–Trinajstić information content (AvgIpc) is 3.39. The number of hydrogen-bond donors (Lipinski definition) is 3. The van der Waals surface area contributed by atoms with Crippen LogP contribution >= 0.6 is 0 Å². The molecule has 0 aliphatic heterocycles. The first kappa shape index (κ1) is 71.1. The van der Waals surface area contributed by atoms with Gasteiger partial charge in [0, 0.05) is 12.8 Å². The van der Waals surface area contributed by atoms with Crippen LogP contribution in [0.2, 0.25) is 0 Å². The van der Waals surface area contributed by atoms with Crippen LogP contribution in [0.1, 0.15) is 354 Å². The molecule has 73 heavy (non-hydrogen) atoms. The normalized spacial score (nSPS) is 12.8. The van der Waals surface area contributed by atoms with Crippen molar-refractivity contribution in [2.45, 2.75) is 366 Å². The third kappa shape index (κ3) is 59.2. The molecule has 0 aliphatic rings. The molecule has 0 radical (unpaired) electrons. The number of carbonyl (C=O) groups excluding carboxylic acids is 2. The van der Waals surface area contributed by atoms with Crippen molar-refractivity contribution in [1.82, 2.24) is 5.32 Å². The summed E-state index contributed by atoms with van der Waals surface area (Å²) in [6.07, 6.45) is 78.8. The van der Waals surface area contributed by atoms with E-state index in [-0.39, 0.29) is 18.5 Å². The van der Waals surface area contributed by atoms with Crippen molar-refractivity contribution in [3.05, 3.63) is 36.5 Å². The molecule has 0 fully saturated rings. The van der Waals surface area contributed by atoms with Crippen molar-refractivity contribution in [3.8, 4) is 0 Å². The van der Waals surface area contributed by atoms with Gasteiger partial charge in [0.25, 0.3) is 0 Å². The lowest BCUT2D eigenvalue weighted by atomic mass is 10.0. The molecule has 0 aromatic heterocycles. The third-order valence-corrected chi connectivity index (χ3v) is 15.2. The second-order valence-corrected chi connectivity index (χ2v) is 22.4. The lowest BCUT2D eigenvalue weighted by molar-refractivity contribution is -0.143. The maximum absolute atomic E-state index is 12.5. The van der Waals surface area contributed by atoms with Crippen LogP contribution in [-0.4, -0.2) is 47.4 Å². The Balaban J connectivity index is 3.40. The van der Waals surface area contributed by atoms with E-state index in [4.69, 9.17) is 4.74 Å². The molecule has 0 bridgehead atoms. The van der Waals surface area contributed by atoms with Crippen LogP contribution in [-0.2, 0) is 14.3 Å². The number of unbranched alkanes of at least 4 members (excludes halogenated alkanes) is 44. The summed E-state index contributed by atoms with van der Waals surface area (Å²) in [6.45, 7) is 4.95. The van der Waals surface area contributed by atoms with Crippen molar-refractivity contribution in [3.63, 3.8) is 0 Å². The molecule has 0 spiro atoms. The number of aliphatic hydroxyl groups excluding tert-OH is 2. The molecule has 2 unspecified atom stereocenters. The Hall–Kier alpha value is -1.92. The zero-order chi connectivity index (χ0) is 52.9. The van der Waals surface area contributed by atoms with Gasteiger partial charge >= 0.3 is 5.97 Å². The Morgan fingerprint density at radius 1 is 0.384 bits per heavy atom. The Kier molecular flexibility index (Phi) is 61.0. The fourth-order valence-corrected chi connectivity index (χ4v) is 10.1. The van der Waals surface area contributed by atoms with E-state index in [0.29, 0.717) is 25.9 Å². The van der Waals surface area contributed by atoms with Crippen LogP contribution in [0.4, 0.5) is 0 Å². The summed E-state index contributed by atoms with van der Waals surface area (Å²) in [7, 11) is 0. The van der Waals surface area contributed by atoms with Gasteiger partial charge in [-0.1, -0.05) is 294 Å². The molecular weight excluding hydrogens is 899 g/mol. The van der Waals surface area contributed by atoms with E-state index < -0.39 is 12.1 Å². The van der Waals surface area contributed by atoms with E-state index in [1.807, 2.05) is 0 Å². The number of rotatable bonds is 61. The number of aliphatic hydroxyl groups is 2. The van der Waals surface area contributed by atoms with Gasteiger partial charge in [-0.3, -0.25) is 9.59 Å². The summed E-state index contributed by atoms with van der Waals surface area (Å²) >= 11 is 0. The maximum Gasteiger partial charge on any atom is 0.305 e. The quantitative estimate of drug-likeness (QED) is 0.0320. The van der Waals surface area contributed by atoms with Gasteiger partial charge in [-0.05, 0) is 83.5 Å². The highest BCUT2D eigenvalue weighted by Gasteiger charge is 2.20. The number of esters is 1. The minimum absolute atomic E-state index is 0.00445. The number of amides is 1. The average molecular weight is 1030 g/mol. The van der Waals surface area contributed by atoms with E-state index in [9.17, 15) is 19.8 Å². The molecule has 3 N–H and O–H groups in total. The highest BCUT2D eigenvalue weighted by Crippen LogP contribution is 2.18. The second kappa shape index (κ2) is 62.6. The fraction of sp³-hybridized carbons (Fsp3) is 0.881.